The molecule has 0 amide bonds. The number of nitrogens with zero attached hydrogens (tertiary/aromatic N) is 5. The van der Waals surface area contributed by atoms with Gasteiger partial charge in [0.05, 0.1) is 22.2 Å². The van der Waals surface area contributed by atoms with Crippen LogP contribution in [0.4, 0.5) is 11.6 Å². The molecule has 0 aliphatic carbocycles. The van der Waals surface area contributed by atoms with Crippen molar-refractivity contribution in [2.75, 3.05) is 4.90 Å². The number of para-hydroxylation sites is 1. The molecule has 2 aromatic heterocycles. The molecule has 232 valence electrons. The molecular weight excluding hydrogens is 616 g/mol. The van der Waals surface area contributed by atoms with E-state index in [9.17, 15) is 14.7 Å². The number of phenols is 1. The average molecular weight is 643 g/mol. The molecular formula is C34H26N8O4S. The highest BCUT2D eigenvalue weighted by Crippen LogP contribution is 2.53. The van der Waals surface area contributed by atoms with Gasteiger partial charge in [-0.05, 0) is 53.9 Å². The highest BCUT2D eigenvalue weighted by Gasteiger charge is 2.43. The van der Waals surface area contributed by atoms with E-state index in [-0.39, 0.29) is 38.5 Å². The molecule has 0 fully saturated rings. The summed E-state index contributed by atoms with van der Waals surface area (Å²) in [5.41, 5.74) is 7.68. The molecule has 0 unspecified atom stereocenters. The number of esters is 1. The SMILES string of the molecule is CC(=O)c1c(SN)c(O)c(C(=O)Oc2ccc3ccccc3c2)c2c3c(n(-c4ccccc4)c12)N(c1cnccn1)C(=N/N)/C3=C\N. The Morgan fingerprint density at radius 1 is 1.00 bits per heavy atom. The van der Waals surface area contributed by atoms with Gasteiger partial charge in [0.2, 0.25) is 0 Å². The summed E-state index contributed by atoms with van der Waals surface area (Å²) in [5, 5.41) is 24.0. The van der Waals surface area contributed by atoms with Crippen LogP contribution in [0.5, 0.6) is 11.5 Å². The van der Waals surface area contributed by atoms with E-state index in [0.717, 1.165) is 10.8 Å². The summed E-state index contributed by atoms with van der Waals surface area (Å²) in [6.45, 7) is 1.36. The number of carbonyl (C=O) groups excluding carboxylic acids is 2. The summed E-state index contributed by atoms with van der Waals surface area (Å²) in [6.07, 6.45) is 5.83. The third-order valence-electron chi connectivity index (χ3n) is 7.93. The van der Waals surface area contributed by atoms with Crippen molar-refractivity contribution in [2.24, 2.45) is 21.8 Å². The number of aromatic nitrogens is 3. The van der Waals surface area contributed by atoms with Gasteiger partial charge < -0.3 is 21.4 Å². The van der Waals surface area contributed by atoms with E-state index in [2.05, 4.69) is 15.1 Å². The van der Waals surface area contributed by atoms with E-state index in [0.29, 0.717) is 40.4 Å². The Hall–Kier alpha value is -6.18. The van der Waals surface area contributed by atoms with Crippen LogP contribution in [0.1, 0.15) is 33.2 Å². The van der Waals surface area contributed by atoms with Crippen molar-refractivity contribution in [1.82, 2.24) is 14.5 Å². The molecule has 12 nitrogen and oxygen atoms in total. The van der Waals surface area contributed by atoms with Gasteiger partial charge in [-0.15, -0.1) is 0 Å². The molecule has 13 heteroatoms. The zero-order valence-electron chi connectivity index (χ0n) is 24.8. The van der Waals surface area contributed by atoms with Gasteiger partial charge in [-0.25, -0.2) is 9.78 Å². The summed E-state index contributed by atoms with van der Waals surface area (Å²) in [5.74, 6) is 5.33. The van der Waals surface area contributed by atoms with Gasteiger partial charge in [0.25, 0.3) is 0 Å². The summed E-state index contributed by atoms with van der Waals surface area (Å²) in [7, 11) is 0. The Balaban J connectivity index is 1.63. The predicted molar refractivity (Wildman–Crippen MR) is 182 cm³/mol. The number of hydrogen-bond acceptors (Lipinski definition) is 11. The number of ether oxygens (including phenoxy) is 1. The van der Waals surface area contributed by atoms with Crippen LogP contribution >= 0.6 is 11.9 Å². The maximum absolute atomic E-state index is 14.3. The Morgan fingerprint density at radius 2 is 1.74 bits per heavy atom. The van der Waals surface area contributed by atoms with Crippen molar-refractivity contribution in [3.05, 3.63) is 114 Å². The number of hydrogen-bond donors (Lipinski definition) is 4. The lowest BCUT2D eigenvalue weighted by Gasteiger charge is -2.22. The van der Waals surface area contributed by atoms with Gasteiger partial charge >= 0.3 is 5.97 Å². The topological polar surface area (TPSA) is 188 Å². The highest BCUT2D eigenvalue weighted by atomic mass is 32.2. The Morgan fingerprint density at radius 3 is 2.40 bits per heavy atom. The normalized spacial score (nSPS) is 14.3. The van der Waals surface area contributed by atoms with Crippen molar-refractivity contribution in [3.63, 3.8) is 0 Å². The number of hydrazone groups is 1. The number of amidine groups is 1. The van der Waals surface area contributed by atoms with Crippen molar-refractivity contribution < 1.29 is 19.4 Å². The van der Waals surface area contributed by atoms with E-state index in [4.69, 9.17) is 21.5 Å². The van der Waals surface area contributed by atoms with Crippen LogP contribution in [0.25, 0.3) is 32.9 Å². The molecule has 0 atom stereocenters. The van der Waals surface area contributed by atoms with E-state index < -0.39 is 17.5 Å². The first kappa shape index (κ1) is 29.5. The van der Waals surface area contributed by atoms with Gasteiger partial charge in [-0.2, -0.15) is 5.10 Å². The summed E-state index contributed by atoms with van der Waals surface area (Å²) in [4.78, 5) is 38.2. The van der Waals surface area contributed by atoms with Gasteiger partial charge in [0.1, 0.15) is 22.9 Å². The molecule has 47 heavy (non-hydrogen) atoms. The quantitative estimate of drug-likeness (QED) is 0.0455. The van der Waals surface area contributed by atoms with Gasteiger partial charge in [0, 0.05) is 40.8 Å². The molecule has 7 rings (SSSR count). The number of ketones is 1. The van der Waals surface area contributed by atoms with Crippen molar-refractivity contribution in [1.29, 1.82) is 0 Å². The minimum Gasteiger partial charge on any atom is -0.506 e. The maximum atomic E-state index is 14.3. The van der Waals surface area contributed by atoms with Crippen LogP contribution in [0.15, 0.2) is 108 Å². The standard InChI is InChI=1S/C34H26N8O4S/c1-18(43)25-29-27(28(30(44)31(25)47-37)34(45)46-22-12-11-19-7-5-6-8-20(19)15-22)26-23(16-35)32(40-36)42(24-17-38-13-14-39-24)33(26)41(29)21-9-3-2-4-10-21/h2-17,44H,35-37H2,1H3/b23-16-,40-32+. The molecule has 6 aromatic rings. The average Bonchev–Trinajstić information content (AvgIpc) is 3.59. The van der Waals surface area contributed by atoms with Gasteiger partial charge in [-0.3, -0.25) is 24.4 Å². The molecule has 1 aliphatic heterocycles. The van der Waals surface area contributed by atoms with Gasteiger partial charge in [-0.1, -0.05) is 48.5 Å². The second-order valence-corrected chi connectivity index (χ2v) is 11.2. The Kier molecular flexibility index (Phi) is 7.31. The highest BCUT2D eigenvalue weighted by molar-refractivity contribution is 7.97. The second-order valence-electron chi connectivity index (χ2n) is 10.5. The minimum absolute atomic E-state index is 0.000798. The molecule has 7 N–H and O–H groups in total. The lowest BCUT2D eigenvalue weighted by Crippen LogP contribution is -2.26. The first-order chi connectivity index (χ1) is 22.9. The summed E-state index contributed by atoms with van der Waals surface area (Å²) >= 11 is 0.647. The number of carbonyl (C=O) groups is 2. The summed E-state index contributed by atoms with van der Waals surface area (Å²) in [6, 6.07) is 22.0. The molecule has 1 aliphatic rings. The molecule has 0 saturated heterocycles. The predicted octanol–water partition coefficient (Wildman–Crippen LogP) is 5.39. The zero-order valence-corrected chi connectivity index (χ0v) is 25.6. The fourth-order valence-corrected chi connectivity index (χ4v) is 6.64. The third-order valence-corrected chi connectivity index (χ3v) is 8.57. The third kappa shape index (κ3) is 4.56. The first-order valence-electron chi connectivity index (χ1n) is 14.3. The smallest absolute Gasteiger partial charge is 0.348 e. The maximum Gasteiger partial charge on any atom is 0.348 e. The monoisotopic (exact) mass is 642 g/mol. The lowest BCUT2D eigenvalue weighted by molar-refractivity contribution is 0.0733. The fraction of sp³-hybridized carbons (Fsp3) is 0.0294. The molecule has 0 radical (unpaired) electrons. The number of Topliss-reactive ketones (excluding diaryl/α,β-unsaturated/α-hetero) is 1. The number of fused-ring (bicyclic) bond motifs is 4. The Labute approximate surface area is 271 Å². The molecule has 0 bridgehead atoms. The molecule has 4 aromatic carbocycles. The van der Waals surface area contributed by atoms with Crippen molar-refractivity contribution in [2.45, 2.75) is 11.8 Å². The second kappa shape index (κ2) is 11.6. The number of benzene rings is 4. The van der Waals surface area contributed by atoms with E-state index >= 15 is 0 Å². The van der Waals surface area contributed by atoms with E-state index in [1.165, 1.54) is 31.7 Å². The molecule has 0 saturated carbocycles. The lowest BCUT2D eigenvalue weighted by atomic mass is 9.96. The molecule has 0 spiro atoms. The van der Waals surface area contributed by atoms with Crippen LogP contribution in [0.2, 0.25) is 0 Å². The van der Waals surface area contributed by atoms with Crippen LogP contribution in [-0.2, 0) is 0 Å². The summed E-state index contributed by atoms with van der Waals surface area (Å²) < 4.78 is 7.69. The minimum atomic E-state index is -0.887. The Bertz CT molecular complexity index is 2300. The van der Waals surface area contributed by atoms with Crippen molar-refractivity contribution in [3.8, 4) is 17.2 Å². The van der Waals surface area contributed by atoms with Gasteiger partial charge in [0.15, 0.2) is 17.4 Å². The first-order valence-corrected chi connectivity index (χ1v) is 15.2. The van der Waals surface area contributed by atoms with Crippen LogP contribution in [-0.4, -0.2) is 37.2 Å². The number of nitrogens with two attached hydrogens (primary N) is 3. The van der Waals surface area contributed by atoms with E-state index in [1.54, 1.807) is 21.6 Å². The van der Waals surface area contributed by atoms with Crippen LogP contribution < -0.4 is 26.4 Å². The number of anilines is 2. The fourth-order valence-electron chi connectivity index (χ4n) is 6.06. The largest absolute Gasteiger partial charge is 0.506 e. The molecule has 3 heterocycles. The van der Waals surface area contributed by atoms with Crippen molar-refractivity contribution >= 4 is 68.4 Å². The number of phenolic OH excluding ortho intramolecular Hbond substituents is 1. The van der Waals surface area contributed by atoms with E-state index in [1.807, 2.05) is 60.7 Å². The zero-order chi connectivity index (χ0) is 32.8. The number of rotatable bonds is 6. The van der Waals surface area contributed by atoms with Crippen LogP contribution in [0.3, 0.4) is 0 Å². The van der Waals surface area contributed by atoms with Crippen LogP contribution in [0, 0.1) is 0 Å². The number of aromatic hydroxyl groups is 1.